The van der Waals surface area contributed by atoms with Gasteiger partial charge in [0.1, 0.15) is 29.8 Å². The van der Waals surface area contributed by atoms with Crippen LogP contribution in [0.1, 0.15) is 29.5 Å². The first-order valence-corrected chi connectivity index (χ1v) is 9.09. The van der Waals surface area contributed by atoms with Gasteiger partial charge in [-0.3, -0.25) is 0 Å². The largest absolute Gasteiger partial charge is 0.486 e. The van der Waals surface area contributed by atoms with E-state index >= 15 is 0 Å². The lowest BCUT2D eigenvalue weighted by molar-refractivity contribution is 0.291. The number of nitrogens with one attached hydrogen (secondary N) is 1. The first-order valence-electron chi connectivity index (χ1n) is 9.09. The van der Waals surface area contributed by atoms with Crippen LogP contribution in [0.4, 0.5) is 0 Å². The highest BCUT2D eigenvalue weighted by Crippen LogP contribution is 2.15. The molecule has 0 amide bonds. The molecule has 2 aromatic heterocycles. The molecule has 7 nitrogen and oxygen atoms in total. The van der Waals surface area contributed by atoms with Crippen molar-refractivity contribution in [2.45, 2.75) is 39.0 Å². The minimum atomic E-state index is 0.476. The maximum absolute atomic E-state index is 5.78. The molecule has 3 aromatic rings. The lowest BCUT2D eigenvalue weighted by Crippen LogP contribution is -2.18. The van der Waals surface area contributed by atoms with Crippen molar-refractivity contribution in [3.63, 3.8) is 0 Å². The van der Waals surface area contributed by atoms with Crippen LogP contribution in [0.3, 0.4) is 0 Å². The summed E-state index contributed by atoms with van der Waals surface area (Å²) in [4.78, 5) is 4.26. The quantitative estimate of drug-likeness (QED) is 0.627. The van der Waals surface area contributed by atoms with Gasteiger partial charge in [-0.2, -0.15) is 0 Å². The summed E-state index contributed by atoms with van der Waals surface area (Å²) in [5.74, 6) is 4.01. The third-order valence-corrected chi connectivity index (χ3v) is 4.75. The molecular weight excluding hydrogens is 328 g/mol. The number of ether oxygens (including phenoxy) is 1. The summed E-state index contributed by atoms with van der Waals surface area (Å²) in [5.41, 5.74) is 1.24. The number of fused-ring (bicyclic) bond motifs is 1. The van der Waals surface area contributed by atoms with E-state index in [1.54, 1.807) is 6.20 Å². The minimum Gasteiger partial charge on any atom is -0.486 e. The van der Waals surface area contributed by atoms with Crippen LogP contribution in [-0.4, -0.2) is 30.9 Å². The van der Waals surface area contributed by atoms with Crippen molar-refractivity contribution in [2.75, 3.05) is 6.54 Å². The van der Waals surface area contributed by atoms with Gasteiger partial charge in [0.2, 0.25) is 0 Å². The zero-order valence-corrected chi connectivity index (χ0v) is 15.1. The highest BCUT2D eigenvalue weighted by molar-refractivity contribution is 5.27. The fourth-order valence-electron chi connectivity index (χ4n) is 3.22. The number of hydrogen-bond acceptors (Lipinski definition) is 5. The summed E-state index contributed by atoms with van der Waals surface area (Å²) in [5, 5.41) is 12.0. The molecule has 1 N–H and O–H groups in total. The molecule has 7 heteroatoms. The second kappa shape index (κ2) is 7.70. The van der Waals surface area contributed by atoms with Gasteiger partial charge in [0, 0.05) is 51.9 Å². The summed E-state index contributed by atoms with van der Waals surface area (Å²) in [6.45, 7) is 3.28. The molecule has 136 valence electrons. The average Bonchev–Trinajstić information content (AvgIpc) is 3.36. The van der Waals surface area contributed by atoms with Gasteiger partial charge >= 0.3 is 0 Å². The number of imidazole rings is 1. The van der Waals surface area contributed by atoms with E-state index in [0.29, 0.717) is 6.61 Å². The van der Waals surface area contributed by atoms with Crippen molar-refractivity contribution in [2.24, 2.45) is 7.05 Å². The maximum atomic E-state index is 5.78. The first-order chi connectivity index (χ1) is 12.8. The highest BCUT2D eigenvalue weighted by Gasteiger charge is 2.16. The van der Waals surface area contributed by atoms with E-state index in [1.807, 2.05) is 29.9 Å². The summed E-state index contributed by atoms with van der Waals surface area (Å²) in [6.07, 6.45) is 6.87. The predicted molar refractivity (Wildman–Crippen MR) is 97.7 cm³/mol. The molecule has 3 heterocycles. The van der Waals surface area contributed by atoms with Crippen LogP contribution in [0.15, 0.2) is 36.7 Å². The van der Waals surface area contributed by atoms with Gasteiger partial charge in [0.15, 0.2) is 0 Å². The van der Waals surface area contributed by atoms with Crippen LogP contribution in [0.25, 0.3) is 0 Å². The van der Waals surface area contributed by atoms with Crippen LogP contribution >= 0.6 is 0 Å². The molecule has 0 bridgehead atoms. The maximum Gasteiger partial charge on any atom is 0.146 e. The number of benzene rings is 1. The summed E-state index contributed by atoms with van der Waals surface area (Å²) in [6, 6.07) is 8.20. The molecule has 1 aromatic carbocycles. The fraction of sp³-hybridized carbons (Fsp3) is 0.421. The second-order valence-corrected chi connectivity index (χ2v) is 6.60. The molecule has 0 saturated heterocycles. The Bertz CT molecular complexity index is 851. The number of aromatic nitrogens is 5. The summed E-state index contributed by atoms with van der Waals surface area (Å²) in [7, 11) is 1.97. The first kappa shape index (κ1) is 16.8. The molecule has 0 saturated carbocycles. The number of nitrogens with zero attached hydrogens (tertiary/aromatic N) is 5. The minimum absolute atomic E-state index is 0.476. The Morgan fingerprint density at radius 2 is 2.04 bits per heavy atom. The van der Waals surface area contributed by atoms with Crippen molar-refractivity contribution < 1.29 is 4.74 Å². The molecule has 0 radical (unpaired) electrons. The van der Waals surface area contributed by atoms with E-state index in [2.05, 4.69) is 37.2 Å². The van der Waals surface area contributed by atoms with Gasteiger partial charge < -0.3 is 19.2 Å². The van der Waals surface area contributed by atoms with Crippen molar-refractivity contribution in [3.8, 4) is 5.75 Å². The molecule has 0 fully saturated rings. The zero-order valence-electron chi connectivity index (χ0n) is 15.1. The molecule has 1 aliphatic rings. The SMILES string of the molecule is Cn1ccnc1COc1ccc(CNCCc2nnc3n2CCC3)cc1. The third-order valence-electron chi connectivity index (χ3n) is 4.75. The molecule has 1 aliphatic heterocycles. The van der Waals surface area contributed by atoms with Crippen LogP contribution in [-0.2, 0) is 39.6 Å². The van der Waals surface area contributed by atoms with Crippen LogP contribution in [0.2, 0.25) is 0 Å². The van der Waals surface area contributed by atoms with Gasteiger partial charge in [-0.1, -0.05) is 12.1 Å². The van der Waals surface area contributed by atoms with E-state index < -0.39 is 0 Å². The Hall–Kier alpha value is -2.67. The molecule has 26 heavy (non-hydrogen) atoms. The Morgan fingerprint density at radius 3 is 2.85 bits per heavy atom. The molecule has 0 atom stereocenters. The van der Waals surface area contributed by atoms with Gasteiger partial charge in [-0.15, -0.1) is 10.2 Å². The number of aryl methyl sites for hydroxylation is 2. The summed E-state index contributed by atoms with van der Waals surface area (Å²) < 4.78 is 10.0. The summed E-state index contributed by atoms with van der Waals surface area (Å²) >= 11 is 0. The average molecular weight is 352 g/mol. The Balaban J connectivity index is 1.21. The van der Waals surface area contributed by atoms with E-state index in [-0.39, 0.29) is 0 Å². The van der Waals surface area contributed by atoms with Crippen LogP contribution in [0, 0.1) is 0 Å². The Labute approximate surface area is 153 Å². The van der Waals surface area contributed by atoms with Crippen LogP contribution < -0.4 is 10.1 Å². The molecule has 0 aliphatic carbocycles. The van der Waals surface area contributed by atoms with Crippen molar-refractivity contribution >= 4 is 0 Å². The van der Waals surface area contributed by atoms with Crippen molar-refractivity contribution in [1.82, 2.24) is 29.6 Å². The van der Waals surface area contributed by atoms with E-state index in [4.69, 9.17) is 4.74 Å². The van der Waals surface area contributed by atoms with E-state index in [9.17, 15) is 0 Å². The molecular formula is C19H24N6O. The van der Waals surface area contributed by atoms with Crippen molar-refractivity contribution in [3.05, 3.63) is 59.7 Å². The zero-order chi connectivity index (χ0) is 17.8. The lowest BCUT2D eigenvalue weighted by Gasteiger charge is -2.08. The molecule has 0 unspecified atom stereocenters. The van der Waals surface area contributed by atoms with Gasteiger partial charge in [-0.05, 0) is 24.1 Å². The van der Waals surface area contributed by atoms with Crippen molar-refractivity contribution in [1.29, 1.82) is 0 Å². The number of rotatable bonds is 8. The fourth-order valence-corrected chi connectivity index (χ4v) is 3.22. The second-order valence-electron chi connectivity index (χ2n) is 6.60. The van der Waals surface area contributed by atoms with Gasteiger partial charge in [0.25, 0.3) is 0 Å². The van der Waals surface area contributed by atoms with E-state index in [0.717, 1.165) is 55.7 Å². The monoisotopic (exact) mass is 352 g/mol. The normalized spacial score (nSPS) is 13.1. The van der Waals surface area contributed by atoms with Gasteiger partial charge in [0.05, 0.1) is 0 Å². The predicted octanol–water partition coefficient (Wildman–Crippen LogP) is 1.87. The smallest absolute Gasteiger partial charge is 0.146 e. The lowest BCUT2D eigenvalue weighted by atomic mass is 10.2. The number of hydrogen-bond donors (Lipinski definition) is 1. The van der Waals surface area contributed by atoms with Crippen LogP contribution in [0.5, 0.6) is 5.75 Å². The van der Waals surface area contributed by atoms with E-state index in [1.165, 1.54) is 12.0 Å². The molecule has 4 rings (SSSR count). The standard InChI is InChI=1S/C19H24N6O/c1-24-12-10-21-19(24)14-26-16-6-4-15(5-7-16)13-20-9-8-18-23-22-17-3-2-11-25(17)18/h4-7,10,12,20H,2-3,8-9,11,13-14H2,1H3. The van der Waals surface area contributed by atoms with Gasteiger partial charge in [-0.25, -0.2) is 4.98 Å². The molecule has 0 spiro atoms. The topological polar surface area (TPSA) is 69.8 Å². The highest BCUT2D eigenvalue weighted by atomic mass is 16.5. The Kier molecular flexibility index (Phi) is 4.97. The Morgan fingerprint density at radius 1 is 1.15 bits per heavy atom. The third kappa shape index (κ3) is 3.77.